The standard InChI is InChI=1S/C14H17IN2O4S/c1-11-3-5-13(6-4-11)22(19,20)21-10-14(2,9-18)17-8-12(15)7-16-17/h3-8,18H,9-10H2,1-2H3. The minimum absolute atomic E-state index is 0.0911. The summed E-state index contributed by atoms with van der Waals surface area (Å²) in [6.45, 7) is 3.05. The Kier molecular flexibility index (Phi) is 5.25. The van der Waals surface area contributed by atoms with Gasteiger partial charge in [0, 0.05) is 6.20 Å². The van der Waals surface area contributed by atoms with Gasteiger partial charge in [-0.3, -0.25) is 8.86 Å². The van der Waals surface area contributed by atoms with Crippen molar-refractivity contribution >= 4 is 32.7 Å². The summed E-state index contributed by atoms with van der Waals surface area (Å²) in [4.78, 5) is 0.0911. The Morgan fingerprint density at radius 3 is 2.50 bits per heavy atom. The van der Waals surface area contributed by atoms with Crippen molar-refractivity contribution in [1.29, 1.82) is 0 Å². The maximum absolute atomic E-state index is 12.2. The summed E-state index contributed by atoms with van der Waals surface area (Å²) >= 11 is 2.09. The fourth-order valence-electron chi connectivity index (χ4n) is 1.76. The Morgan fingerprint density at radius 2 is 2.00 bits per heavy atom. The van der Waals surface area contributed by atoms with Gasteiger partial charge in [-0.15, -0.1) is 0 Å². The number of rotatable bonds is 6. The van der Waals surface area contributed by atoms with Crippen molar-refractivity contribution in [3.8, 4) is 0 Å². The second kappa shape index (κ2) is 6.65. The summed E-state index contributed by atoms with van der Waals surface area (Å²) in [5.74, 6) is 0. The van der Waals surface area contributed by atoms with Gasteiger partial charge < -0.3 is 5.11 Å². The molecule has 0 aliphatic rings. The first-order valence-electron chi connectivity index (χ1n) is 6.54. The first-order chi connectivity index (χ1) is 10.3. The van der Waals surface area contributed by atoms with Gasteiger partial charge in [-0.2, -0.15) is 13.5 Å². The zero-order valence-electron chi connectivity index (χ0n) is 12.2. The molecule has 0 radical (unpaired) electrons. The zero-order valence-corrected chi connectivity index (χ0v) is 15.2. The van der Waals surface area contributed by atoms with Crippen molar-refractivity contribution in [1.82, 2.24) is 9.78 Å². The molecule has 1 N–H and O–H groups in total. The Hall–Kier alpha value is -0.970. The summed E-state index contributed by atoms with van der Waals surface area (Å²) in [6, 6.07) is 6.41. The molecule has 1 heterocycles. The van der Waals surface area contributed by atoms with Crippen LogP contribution in [0.15, 0.2) is 41.6 Å². The lowest BCUT2D eigenvalue weighted by Gasteiger charge is -2.27. The highest BCUT2D eigenvalue weighted by atomic mass is 127. The summed E-state index contributed by atoms with van der Waals surface area (Å²) in [5.41, 5.74) is 0.00605. The van der Waals surface area contributed by atoms with Crippen LogP contribution >= 0.6 is 22.6 Å². The lowest BCUT2D eigenvalue weighted by Crippen LogP contribution is -2.40. The molecule has 0 bridgehead atoms. The summed E-state index contributed by atoms with van der Waals surface area (Å²) in [7, 11) is -3.88. The highest BCUT2D eigenvalue weighted by Crippen LogP contribution is 2.20. The molecule has 0 spiro atoms. The van der Waals surface area contributed by atoms with Crippen LogP contribution in [-0.4, -0.2) is 36.5 Å². The van der Waals surface area contributed by atoms with Crippen LogP contribution in [0.25, 0.3) is 0 Å². The maximum Gasteiger partial charge on any atom is 0.297 e. The molecule has 120 valence electrons. The normalized spacial score (nSPS) is 14.7. The van der Waals surface area contributed by atoms with Crippen LogP contribution in [0.4, 0.5) is 0 Å². The number of hydrogen-bond donors (Lipinski definition) is 1. The summed E-state index contributed by atoms with van der Waals surface area (Å²) in [6.07, 6.45) is 3.35. The lowest BCUT2D eigenvalue weighted by atomic mass is 10.1. The number of aryl methyl sites for hydroxylation is 1. The molecule has 2 aromatic rings. The lowest BCUT2D eigenvalue weighted by molar-refractivity contribution is 0.0818. The van der Waals surface area contributed by atoms with Gasteiger partial charge >= 0.3 is 0 Å². The van der Waals surface area contributed by atoms with E-state index in [-0.39, 0.29) is 18.1 Å². The van der Waals surface area contributed by atoms with Crippen LogP contribution in [-0.2, 0) is 19.8 Å². The topological polar surface area (TPSA) is 81.4 Å². The second-order valence-corrected chi connectivity index (χ2v) is 8.15. The van der Waals surface area contributed by atoms with Crippen molar-refractivity contribution in [3.05, 3.63) is 45.8 Å². The average Bonchev–Trinajstić information content (AvgIpc) is 2.92. The van der Waals surface area contributed by atoms with E-state index in [1.54, 1.807) is 31.5 Å². The molecule has 0 fully saturated rings. The molecular formula is C14H17IN2O4S. The van der Waals surface area contributed by atoms with Gasteiger partial charge in [0.15, 0.2) is 0 Å². The number of nitrogens with zero attached hydrogens (tertiary/aromatic N) is 2. The number of halogens is 1. The van der Waals surface area contributed by atoms with Crippen molar-refractivity contribution < 1.29 is 17.7 Å². The summed E-state index contributed by atoms with van der Waals surface area (Å²) in [5, 5.41) is 13.7. The smallest absolute Gasteiger partial charge is 0.297 e. The number of aliphatic hydroxyl groups excluding tert-OH is 1. The minimum atomic E-state index is -3.88. The second-order valence-electron chi connectivity index (χ2n) is 5.29. The largest absolute Gasteiger partial charge is 0.394 e. The fraction of sp³-hybridized carbons (Fsp3) is 0.357. The fourth-order valence-corrected chi connectivity index (χ4v) is 3.16. The van der Waals surface area contributed by atoms with Gasteiger partial charge in [0.25, 0.3) is 10.1 Å². The molecule has 1 atom stereocenters. The molecule has 0 saturated carbocycles. The maximum atomic E-state index is 12.2. The van der Waals surface area contributed by atoms with Crippen LogP contribution in [0.2, 0.25) is 0 Å². The third-order valence-corrected chi connectivity index (χ3v) is 5.11. The number of aromatic nitrogens is 2. The number of aliphatic hydroxyl groups is 1. The molecule has 2 rings (SSSR count). The van der Waals surface area contributed by atoms with E-state index in [9.17, 15) is 13.5 Å². The van der Waals surface area contributed by atoms with Crippen molar-refractivity contribution in [2.75, 3.05) is 13.2 Å². The molecule has 0 saturated heterocycles. The predicted molar refractivity (Wildman–Crippen MR) is 90.0 cm³/mol. The molecule has 22 heavy (non-hydrogen) atoms. The highest BCUT2D eigenvalue weighted by Gasteiger charge is 2.30. The predicted octanol–water partition coefficient (Wildman–Crippen LogP) is 1.91. The van der Waals surface area contributed by atoms with Crippen LogP contribution in [0, 0.1) is 10.5 Å². The highest BCUT2D eigenvalue weighted by molar-refractivity contribution is 14.1. The van der Waals surface area contributed by atoms with E-state index in [0.717, 1.165) is 9.13 Å². The monoisotopic (exact) mass is 436 g/mol. The van der Waals surface area contributed by atoms with E-state index < -0.39 is 15.7 Å². The quantitative estimate of drug-likeness (QED) is 0.553. The first kappa shape index (κ1) is 17.4. The van der Waals surface area contributed by atoms with Gasteiger partial charge in [-0.1, -0.05) is 17.7 Å². The SMILES string of the molecule is Cc1ccc(S(=O)(=O)OCC(C)(CO)n2cc(I)cn2)cc1. The number of hydrogen-bond acceptors (Lipinski definition) is 5. The molecule has 1 aromatic heterocycles. The van der Waals surface area contributed by atoms with Gasteiger partial charge in [-0.25, -0.2) is 0 Å². The van der Waals surface area contributed by atoms with Crippen LogP contribution in [0.3, 0.4) is 0 Å². The van der Waals surface area contributed by atoms with E-state index >= 15 is 0 Å². The Balaban J connectivity index is 2.17. The van der Waals surface area contributed by atoms with E-state index in [0.29, 0.717) is 0 Å². The van der Waals surface area contributed by atoms with Crippen LogP contribution in [0.5, 0.6) is 0 Å². The van der Waals surface area contributed by atoms with Gasteiger partial charge in [0.2, 0.25) is 0 Å². The van der Waals surface area contributed by atoms with E-state index in [2.05, 4.69) is 27.7 Å². The molecule has 1 unspecified atom stereocenters. The van der Waals surface area contributed by atoms with Crippen molar-refractivity contribution in [2.24, 2.45) is 0 Å². The van der Waals surface area contributed by atoms with E-state index in [4.69, 9.17) is 4.18 Å². The van der Waals surface area contributed by atoms with Crippen LogP contribution < -0.4 is 0 Å². The van der Waals surface area contributed by atoms with Gasteiger partial charge in [-0.05, 0) is 48.6 Å². The molecule has 0 aliphatic carbocycles. The molecule has 1 aromatic carbocycles. The van der Waals surface area contributed by atoms with Gasteiger partial charge in [0.1, 0.15) is 5.54 Å². The zero-order chi connectivity index (χ0) is 16.4. The average molecular weight is 436 g/mol. The molecular weight excluding hydrogens is 419 g/mol. The molecule has 0 amide bonds. The third kappa shape index (κ3) is 3.86. The van der Waals surface area contributed by atoms with Crippen molar-refractivity contribution in [3.63, 3.8) is 0 Å². The molecule has 0 aliphatic heterocycles. The van der Waals surface area contributed by atoms with E-state index in [1.165, 1.54) is 16.8 Å². The number of benzene rings is 1. The van der Waals surface area contributed by atoms with Gasteiger partial charge in [0.05, 0.1) is 27.9 Å². The molecule has 8 heteroatoms. The molecule has 6 nitrogen and oxygen atoms in total. The first-order valence-corrected chi connectivity index (χ1v) is 9.03. The summed E-state index contributed by atoms with van der Waals surface area (Å²) < 4.78 is 31.9. The van der Waals surface area contributed by atoms with Crippen molar-refractivity contribution in [2.45, 2.75) is 24.3 Å². The van der Waals surface area contributed by atoms with Crippen LogP contribution in [0.1, 0.15) is 12.5 Å². The Labute approximate surface area is 143 Å². The van der Waals surface area contributed by atoms with E-state index in [1.807, 2.05) is 6.92 Å². The minimum Gasteiger partial charge on any atom is -0.394 e. The Morgan fingerprint density at radius 1 is 1.36 bits per heavy atom. The Bertz CT molecular complexity index is 742. The third-order valence-electron chi connectivity index (χ3n) is 3.28.